The van der Waals surface area contributed by atoms with Crippen LogP contribution >= 0.6 is 12.4 Å². The lowest BCUT2D eigenvalue weighted by atomic mass is 9.72. The van der Waals surface area contributed by atoms with Gasteiger partial charge in [0.1, 0.15) is 0 Å². The number of carbonyl (C=O) groups is 1. The molecule has 1 saturated heterocycles. The third kappa shape index (κ3) is 3.31. The molecule has 1 fully saturated rings. The highest BCUT2D eigenvalue weighted by Gasteiger charge is 2.40. The zero-order valence-electron chi connectivity index (χ0n) is 13.6. The molecule has 0 aromatic heterocycles. The Morgan fingerprint density at radius 1 is 1.32 bits per heavy atom. The van der Waals surface area contributed by atoms with Gasteiger partial charge in [-0.05, 0) is 50.3 Å². The molecule has 4 heteroatoms. The van der Waals surface area contributed by atoms with Crippen molar-refractivity contribution < 1.29 is 4.79 Å². The Balaban J connectivity index is 0.00000176. The fraction of sp³-hybridized carbons (Fsp3) is 0.611. The molecule has 2 atom stereocenters. The zero-order chi connectivity index (χ0) is 14.9. The van der Waals surface area contributed by atoms with Crippen LogP contribution in [-0.4, -0.2) is 37.0 Å². The van der Waals surface area contributed by atoms with Crippen molar-refractivity contribution in [3.63, 3.8) is 0 Å². The Bertz CT molecular complexity index is 534. The summed E-state index contributed by atoms with van der Waals surface area (Å²) >= 11 is 0. The Morgan fingerprint density at radius 2 is 2.05 bits per heavy atom. The molecule has 3 rings (SSSR count). The predicted octanol–water partition coefficient (Wildman–Crippen LogP) is 2.81. The summed E-state index contributed by atoms with van der Waals surface area (Å²) < 4.78 is 0. The second-order valence-corrected chi connectivity index (χ2v) is 6.89. The molecule has 1 aromatic rings. The quantitative estimate of drug-likeness (QED) is 0.908. The molecule has 1 N–H and O–H groups in total. The second kappa shape index (κ2) is 7.01. The minimum absolute atomic E-state index is 0. The van der Waals surface area contributed by atoms with Crippen LogP contribution in [0, 0.1) is 5.41 Å². The van der Waals surface area contributed by atoms with Crippen molar-refractivity contribution in [2.45, 2.75) is 45.1 Å². The van der Waals surface area contributed by atoms with Crippen molar-refractivity contribution in [3.05, 3.63) is 35.4 Å². The summed E-state index contributed by atoms with van der Waals surface area (Å²) in [6.07, 6.45) is 5.19. The highest BCUT2D eigenvalue weighted by molar-refractivity contribution is 5.85. The lowest BCUT2D eigenvalue weighted by molar-refractivity contribution is -0.143. The summed E-state index contributed by atoms with van der Waals surface area (Å²) in [5, 5.41) is 3.33. The summed E-state index contributed by atoms with van der Waals surface area (Å²) in [6.45, 7) is 3.95. The number of benzene rings is 1. The second-order valence-electron chi connectivity index (χ2n) is 6.89. The van der Waals surface area contributed by atoms with E-state index in [1.54, 1.807) is 0 Å². The molecule has 1 aromatic carbocycles. The van der Waals surface area contributed by atoms with E-state index < -0.39 is 0 Å². The number of likely N-dealkylation sites (tertiary alicyclic amines) is 1. The molecule has 0 bridgehead atoms. The molecule has 122 valence electrons. The van der Waals surface area contributed by atoms with Crippen LogP contribution in [0.2, 0.25) is 0 Å². The molecule has 0 saturated carbocycles. The fourth-order valence-corrected chi connectivity index (χ4v) is 3.85. The molecular formula is C18H27ClN2O. The van der Waals surface area contributed by atoms with Crippen LogP contribution in [0.4, 0.5) is 0 Å². The summed E-state index contributed by atoms with van der Waals surface area (Å²) in [5.74, 6) is 0.358. The maximum Gasteiger partial charge on any atom is 0.228 e. The lowest BCUT2D eigenvalue weighted by Crippen LogP contribution is -2.52. The van der Waals surface area contributed by atoms with Crippen LogP contribution in [-0.2, 0) is 17.6 Å². The van der Waals surface area contributed by atoms with Crippen molar-refractivity contribution in [2.75, 3.05) is 20.1 Å². The first-order valence-electron chi connectivity index (χ1n) is 8.16. The van der Waals surface area contributed by atoms with Crippen molar-refractivity contribution in [3.8, 4) is 0 Å². The summed E-state index contributed by atoms with van der Waals surface area (Å²) in [7, 11) is 2.00. The first kappa shape index (κ1) is 17.3. The number of fused-ring (bicyclic) bond motifs is 1. The topological polar surface area (TPSA) is 32.3 Å². The molecular weight excluding hydrogens is 296 g/mol. The van der Waals surface area contributed by atoms with E-state index in [1.165, 1.54) is 17.5 Å². The van der Waals surface area contributed by atoms with E-state index in [0.717, 1.165) is 38.8 Å². The number of halogens is 1. The van der Waals surface area contributed by atoms with E-state index in [1.807, 2.05) is 7.05 Å². The van der Waals surface area contributed by atoms with Gasteiger partial charge in [0.05, 0.1) is 5.41 Å². The molecule has 1 heterocycles. The van der Waals surface area contributed by atoms with Crippen molar-refractivity contribution in [1.29, 1.82) is 0 Å². The van der Waals surface area contributed by atoms with Crippen molar-refractivity contribution >= 4 is 18.3 Å². The Labute approximate surface area is 139 Å². The maximum atomic E-state index is 13.0. The van der Waals surface area contributed by atoms with E-state index in [2.05, 4.69) is 41.4 Å². The third-order valence-electron chi connectivity index (χ3n) is 5.28. The molecule has 0 radical (unpaired) electrons. The Morgan fingerprint density at radius 3 is 2.77 bits per heavy atom. The van der Waals surface area contributed by atoms with Crippen molar-refractivity contribution in [2.24, 2.45) is 5.41 Å². The number of carbonyl (C=O) groups excluding carboxylic acids is 1. The fourth-order valence-electron chi connectivity index (χ4n) is 3.85. The minimum Gasteiger partial charge on any atom is -0.341 e. The largest absolute Gasteiger partial charge is 0.341 e. The molecule has 0 spiro atoms. The number of hydrogen-bond donors (Lipinski definition) is 1. The van der Waals surface area contributed by atoms with Gasteiger partial charge in [-0.15, -0.1) is 12.4 Å². The number of aryl methyl sites for hydroxylation is 1. The van der Waals surface area contributed by atoms with Gasteiger partial charge in [0.15, 0.2) is 0 Å². The number of likely N-dealkylation sites (N-methyl/N-ethyl adjacent to an activating group) is 1. The van der Waals surface area contributed by atoms with Gasteiger partial charge in [-0.3, -0.25) is 4.79 Å². The predicted molar refractivity (Wildman–Crippen MR) is 92.5 cm³/mol. The third-order valence-corrected chi connectivity index (χ3v) is 5.28. The first-order chi connectivity index (χ1) is 10.1. The van der Waals surface area contributed by atoms with Gasteiger partial charge >= 0.3 is 0 Å². The van der Waals surface area contributed by atoms with Gasteiger partial charge in [0.25, 0.3) is 0 Å². The van der Waals surface area contributed by atoms with Crippen LogP contribution in [0.3, 0.4) is 0 Å². The summed E-state index contributed by atoms with van der Waals surface area (Å²) in [4.78, 5) is 15.1. The normalized spacial score (nSPS) is 27.7. The van der Waals surface area contributed by atoms with Crippen LogP contribution in [0.15, 0.2) is 24.3 Å². The summed E-state index contributed by atoms with van der Waals surface area (Å²) in [5.41, 5.74) is 2.57. The van der Waals surface area contributed by atoms with E-state index in [0.29, 0.717) is 11.9 Å². The van der Waals surface area contributed by atoms with Crippen LogP contribution in [0.5, 0.6) is 0 Å². The maximum absolute atomic E-state index is 13.0. The standard InChI is InChI=1S/C18H26N2O.ClH/c1-18(10-9-14-6-3-4-7-15(14)12-18)17(21)20-11-5-8-16(13-20)19-2;/h3-4,6-7,16,19H,5,8-13H2,1-2H3;1H. The average Bonchev–Trinajstić information content (AvgIpc) is 2.54. The molecule has 3 nitrogen and oxygen atoms in total. The average molecular weight is 323 g/mol. The Kier molecular flexibility index (Phi) is 5.51. The Hall–Kier alpha value is -1.06. The first-order valence-corrected chi connectivity index (χ1v) is 8.16. The van der Waals surface area contributed by atoms with Gasteiger partial charge in [-0.1, -0.05) is 31.2 Å². The van der Waals surface area contributed by atoms with Gasteiger partial charge in [0, 0.05) is 19.1 Å². The lowest BCUT2D eigenvalue weighted by Gasteiger charge is -2.41. The van der Waals surface area contributed by atoms with Gasteiger partial charge in [-0.25, -0.2) is 0 Å². The number of rotatable bonds is 2. The number of piperidine rings is 1. The van der Waals surface area contributed by atoms with Gasteiger partial charge in [0.2, 0.25) is 5.91 Å². The SMILES string of the molecule is CNC1CCCN(C(=O)C2(C)CCc3ccccc3C2)C1.Cl. The molecule has 22 heavy (non-hydrogen) atoms. The van der Waals surface area contributed by atoms with Crippen LogP contribution in [0.25, 0.3) is 0 Å². The highest BCUT2D eigenvalue weighted by atomic mass is 35.5. The van der Waals surface area contributed by atoms with E-state index in [9.17, 15) is 4.79 Å². The number of nitrogens with zero attached hydrogens (tertiary/aromatic N) is 1. The highest BCUT2D eigenvalue weighted by Crippen LogP contribution is 2.37. The number of amides is 1. The molecule has 2 unspecified atom stereocenters. The monoisotopic (exact) mass is 322 g/mol. The number of nitrogens with one attached hydrogen (secondary N) is 1. The van der Waals surface area contributed by atoms with Crippen LogP contribution < -0.4 is 5.32 Å². The number of hydrogen-bond acceptors (Lipinski definition) is 2. The van der Waals surface area contributed by atoms with Gasteiger partial charge < -0.3 is 10.2 Å². The molecule has 1 aliphatic carbocycles. The van der Waals surface area contributed by atoms with E-state index in [-0.39, 0.29) is 17.8 Å². The van der Waals surface area contributed by atoms with E-state index >= 15 is 0 Å². The smallest absolute Gasteiger partial charge is 0.228 e. The minimum atomic E-state index is -0.218. The molecule has 1 aliphatic heterocycles. The van der Waals surface area contributed by atoms with Crippen LogP contribution in [0.1, 0.15) is 37.3 Å². The van der Waals surface area contributed by atoms with Gasteiger partial charge in [-0.2, -0.15) is 0 Å². The molecule has 2 aliphatic rings. The zero-order valence-corrected chi connectivity index (χ0v) is 14.4. The van der Waals surface area contributed by atoms with E-state index in [4.69, 9.17) is 0 Å². The molecule has 1 amide bonds. The summed E-state index contributed by atoms with van der Waals surface area (Å²) in [6, 6.07) is 9.05. The van der Waals surface area contributed by atoms with Crippen molar-refractivity contribution in [1.82, 2.24) is 10.2 Å².